The highest BCUT2D eigenvalue weighted by atomic mass is 15.1. The summed E-state index contributed by atoms with van der Waals surface area (Å²) in [5, 5.41) is 0. The van der Waals surface area contributed by atoms with Crippen LogP contribution in [-0.4, -0.2) is 15.2 Å². The van der Waals surface area contributed by atoms with Crippen LogP contribution >= 0.6 is 0 Å². The highest BCUT2D eigenvalue weighted by Crippen LogP contribution is 2.42. The maximum absolute atomic E-state index is 3.72. The highest BCUT2D eigenvalue weighted by Gasteiger charge is 2.31. The Morgan fingerprint density at radius 1 is 0.293 bits per heavy atom. The topological polar surface area (TPSA) is 6.02 Å². The quantitative estimate of drug-likeness (QED) is 0.191. The van der Waals surface area contributed by atoms with Crippen molar-refractivity contribution >= 4 is 17.4 Å². The Kier molecular flexibility index (Phi) is 6.51. The summed E-state index contributed by atoms with van der Waals surface area (Å²) in [6, 6.07) is 59.1. The van der Waals surface area contributed by atoms with Crippen molar-refractivity contribution in [1.82, 2.24) is 0 Å². The van der Waals surface area contributed by atoms with Gasteiger partial charge in [0.15, 0.2) is 0 Å². The predicted molar refractivity (Wildman–Crippen MR) is 169 cm³/mol. The van der Waals surface area contributed by atoms with Gasteiger partial charge in [0.25, 0.3) is 12.4 Å². The van der Waals surface area contributed by atoms with Gasteiger partial charge in [0.2, 0.25) is 11.4 Å². The van der Waals surface area contributed by atoms with Crippen LogP contribution in [0.5, 0.6) is 0 Å². The summed E-state index contributed by atoms with van der Waals surface area (Å²) in [4.78, 5) is 0. The van der Waals surface area contributed by atoms with Crippen LogP contribution in [0.25, 0.3) is 44.5 Å². The number of hydrogen-bond donors (Lipinski definition) is 0. The minimum absolute atomic E-state index is 1.10. The van der Waals surface area contributed by atoms with Gasteiger partial charge in [0, 0.05) is 0 Å². The van der Waals surface area contributed by atoms with E-state index in [9.17, 15) is 0 Å². The van der Waals surface area contributed by atoms with E-state index in [4.69, 9.17) is 0 Å². The molecule has 0 radical (unpaired) electrons. The molecular weight excluding hydrogens is 496 g/mol. The smallest absolute Gasteiger partial charge is 0.0622 e. The molecule has 41 heavy (non-hydrogen) atoms. The van der Waals surface area contributed by atoms with Crippen LogP contribution in [0.3, 0.4) is 0 Å². The first-order valence-corrected chi connectivity index (χ1v) is 13.9. The van der Waals surface area contributed by atoms with Crippen LogP contribution in [0.15, 0.2) is 170 Å². The Labute approximate surface area is 240 Å². The Balaban J connectivity index is 1.51. The molecule has 0 saturated carbocycles. The molecule has 0 N–H and O–H groups in total. The minimum atomic E-state index is 1.10. The second-order valence-corrected chi connectivity index (χ2v) is 10.0. The molecule has 6 aromatic carbocycles. The molecule has 6 aromatic rings. The zero-order valence-corrected chi connectivity index (χ0v) is 22.6. The number of nitrogens with zero attached hydrogens (tertiary/aromatic N) is 2. The van der Waals surface area contributed by atoms with Crippen molar-refractivity contribution in [3.8, 4) is 44.5 Å². The van der Waals surface area contributed by atoms with E-state index in [-0.39, 0.29) is 0 Å². The lowest BCUT2D eigenvalue weighted by molar-refractivity contribution is -0.385. The van der Waals surface area contributed by atoms with Crippen LogP contribution in [-0.2, 0) is 0 Å². The maximum Gasteiger partial charge on any atom is 0.501 e. The summed E-state index contributed by atoms with van der Waals surface area (Å²) < 4.78 is 4.28. The Hall–Kier alpha value is -5.56. The fourth-order valence-corrected chi connectivity index (χ4v) is 5.57. The van der Waals surface area contributed by atoms with Gasteiger partial charge in [-0.2, -0.15) is 0 Å². The van der Waals surface area contributed by atoms with E-state index in [2.05, 4.69) is 185 Å². The lowest BCUT2D eigenvalue weighted by Gasteiger charge is -2.09. The minimum Gasteiger partial charge on any atom is -0.0622 e. The van der Waals surface area contributed by atoms with Gasteiger partial charge in [-0.3, -0.25) is 0 Å². The maximum atomic E-state index is 3.72. The van der Waals surface area contributed by atoms with E-state index >= 15 is 0 Å². The molecule has 192 valence electrons. The largest absolute Gasteiger partial charge is 0.501 e. The Morgan fingerprint density at radius 2 is 0.561 bits per heavy atom. The van der Waals surface area contributed by atoms with Crippen LogP contribution in [0.2, 0.25) is 0 Å². The van der Waals surface area contributed by atoms with Crippen LogP contribution in [0.1, 0.15) is 0 Å². The lowest BCUT2D eigenvalue weighted by Crippen LogP contribution is -2.01. The van der Waals surface area contributed by atoms with Crippen molar-refractivity contribution in [2.24, 2.45) is 0 Å². The molecular formula is C39H28N2+2. The van der Waals surface area contributed by atoms with Gasteiger partial charge in [0.1, 0.15) is 0 Å². The Bertz CT molecular complexity index is 1680. The molecule has 1 aliphatic heterocycles. The van der Waals surface area contributed by atoms with E-state index in [1.807, 2.05) is 0 Å². The molecule has 0 saturated heterocycles. The average Bonchev–Trinajstić information content (AvgIpc) is 3.55. The number of benzene rings is 6. The molecule has 0 fully saturated rings. The van der Waals surface area contributed by atoms with Crippen molar-refractivity contribution in [1.29, 1.82) is 0 Å². The fourth-order valence-electron chi connectivity index (χ4n) is 5.57. The van der Waals surface area contributed by atoms with Crippen LogP contribution < -0.4 is 0 Å². The van der Waals surface area contributed by atoms with Gasteiger partial charge in [-0.15, -0.1) is 0 Å². The highest BCUT2D eigenvalue weighted by molar-refractivity contribution is 5.88. The monoisotopic (exact) mass is 524 g/mol. The molecule has 0 spiro atoms. The second kappa shape index (κ2) is 10.9. The molecule has 0 aliphatic carbocycles. The van der Waals surface area contributed by atoms with Crippen LogP contribution in [0, 0.1) is 0 Å². The molecule has 0 unspecified atom stereocenters. The second-order valence-electron chi connectivity index (χ2n) is 10.0. The van der Waals surface area contributed by atoms with Gasteiger partial charge < -0.3 is 0 Å². The Morgan fingerprint density at radius 3 is 0.829 bits per heavy atom. The van der Waals surface area contributed by atoms with Gasteiger partial charge in [-0.05, 0) is 46.5 Å². The number of rotatable bonds is 6. The summed E-state index contributed by atoms with van der Waals surface area (Å²) in [6.07, 6.45) is 4.23. The molecule has 7 rings (SSSR count). The normalized spacial score (nSPS) is 12.2. The zero-order chi connectivity index (χ0) is 27.4. The van der Waals surface area contributed by atoms with E-state index in [1.165, 1.54) is 22.3 Å². The molecule has 0 amide bonds. The first-order valence-electron chi connectivity index (χ1n) is 13.9. The summed E-state index contributed by atoms with van der Waals surface area (Å²) in [5.74, 6) is 0. The third kappa shape index (κ3) is 4.74. The van der Waals surface area contributed by atoms with Crippen molar-refractivity contribution in [2.45, 2.75) is 0 Å². The predicted octanol–water partition coefficient (Wildman–Crippen LogP) is 10.0. The third-order valence-corrected chi connectivity index (χ3v) is 7.47. The van der Waals surface area contributed by atoms with E-state index in [1.54, 1.807) is 0 Å². The fraction of sp³-hybridized carbons (Fsp3) is 0. The van der Waals surface area contributed by atoms with Crippen molar-refractivity contribution < 1.29 is 9.15 Å². The van der Waals surface area contributed by atoms with Gasteiger partial charge in [0.05, 0.1) is 22.3 Å². The summed E-state index contributed by atoms with van der Waals surface area (Å²) in [5.41, 5.74) is 11.5. The number of hydrogen-bond acceptors (Lipinski definition) is 0. The van der Waals surface area contributed by atoms with Gasteiger partial charge >= 0.3 is 6.01 Å². The van der Waals surface area contributed by atoms with E-state index < -0.39 is 0 Å². The summed E-state index contributed by atoms with van der Waals surface area (Å²) >= 11 is 0. The molecule has 1 heterocycles. The summed E-state index contributed by atoms with van der Waals surface area (Å²) in [6.45, 7) is 0. The first kappa shape index (κ1) is 24.5. The van der Waals surface area contributed by atoms with E-state index in [0.29, 0.717) is 0 Å². The lowest BCUT2D eigenvalue weighted by atomic mass is 9.95. The molecule has 2 heteroatoms. The van der Waals surface area contributed by atoms with Gasteiger partial charge in [-0.25, -0.2) is 0 Å². The summed E-state index contributed by atoms with van der Waals surface area (Å²) in [7, 11) is 0. The standard InChI is InChI=1S/C39H28N2/c1-5-15-30(16-6-1)34-23-13-24-35(31-17-7-2-8-18-31)38(34)40-27-28-41(29-40)39-36(32-19-9-3-10-20-32)25-14-26-37(39)33-21-11-4-12-22-33/h1-28H/q+2. The molecule has 0 aromatic heterocycles. The van der Waals surface area contributed by atoms with Crippen molar-refractivity contribution in [3.63, 3.8) is 0 Å². The van der Waals surface area contributed by atoms with Crippen LogP contribution in [0.4, 0.5) is 11.4 Å². The first-order chi connectivity index (χ1) is 20.4. The molecule has 1 aliphatic rings. The molecule has 0 atom stereocenters. The van der Waals surface area contributed by atoms with E-state index in [0.717, 1.165) is 33.6 Å². The van der Waals surface area contributed by atoms with Gasteiger partial charge in [-0.1, -0.05) is 143 Å². The molecule has 0 bridgehead atoms. The van der Waals surface area contributed by atoms with Crippen molar-refractivity contribution in [2.75, 3.05) is 0 Å². The average molecular weight is 525 g/mol. The number of para-hydroxylation sites is 2. The van der Waals surface area contributed by atoms with Crippen molar-refractivity contribution in [3.05, 3.63) is 170 Å². The molecule has 2 nitrogen and oxygen atoms in total. The third-order valence-electron chi connectivity index (χ3n) is 7.47. The zero-order valence-electron chi connectivity index (χ0n) is 22.6. The SMILES string of the molecule is C1=[N+](c2c(-c3ccccc3)cccc2-c2ccccc2)C=C[N+]=1c1c(-c2ccccc2)cccc1-c1ccccc1.